The van der Waals surface area contributed by atoms with Gasteiger partial charge in [0.2, 0.25) is 0 Å². The topological polar surface area (TPSA) is 94.1 Å². The summed E-state index contributed by atoms with van der Waals surface area (Å²) in [5.41, 5.74) is 12.4. The number of hydrogen-bond acceptors (Lipinski definition) is 9. The first-order chi connectivity index (χ1) is 69.9. The van der Waals surface area contributed by atoms with Crippen LogP contribution in [0.5, 0.6) is 5.75 Å². The van der Waals surface area contributed by atoms with Crippen LogP contribution in [-0.2, 0) is 38.6 Å². The lowest BCUT2D eigenvalue weighted by Crippen LogP contribution is -2.50. The molecule has 8 fully saturated rings. The SMILES string of the molecule is CC(C)CC(C)OC1CC2CCC1C2.CC(C)COC(C)CC(C)(c1ccccc1)c1ccccc1.CC(CC(C(C)(C)C)C(C)(C)C)OCCO.CC(CC(C)(C)C)OC1C2CC3CC(C2)CC1C3.CC(CC(C)c1ccc2ccccc2c1)OC1CCCCC1.CC(CC(c1ccccc1)c1ccccc1)OC1CCCCC1.CCCCC(C)CC(C)OCCOc1c(-c2ccccc2)cccc1-c1ccccc1. The Morgan fingerprint density at radius 1 is 0.349 bits per heavy atom. The number of aliphatic hydroxyl groups excluding tert-OH is 1. The van der Waals surface area contributed by atoms with Crippen molar-refractivity contribution in [3.05, 3.63) is 270 Å². The normalized spacial score (nSPS) is 21.2. The molecule has 9 aromatic carbocycles. The highest BCUT2D eigenvalue weighted by atomic mass is 16.5. The molecule has 9 nitrogen and oxygen atoms in total. The van der Waals surface area contributed by atoms with Crippen molar-refractivity contribution in [1.82, 2.24) is 0 Å². The minimum atomic E-state index is -0.0289. The highest BCUT2D eigenvalue weighted by Gasteiger charge is 2.50. The molecule has 8 aliphatic carbocycles. The Balaban J connectivity index is 0.000000177. The number of para-hydroxylation sites is 1. The first-order valence-electron chi connectivity index (χ1n) is 58.5. The first-order valence-corrected chi connectivity index (χ1v) is 58.5. The Morgan fingerprint density at radius 2 is 0.815 bits per heavy atom. The van der Waals surface area contributed by atoms with Crippen molar-refractivity contribution < 1.29 is 43.0 Å². The predicted octanol–water partition coefficient (Wildman–Crippen LogP) is 37.2. The zero-order valence-electron chi connectivity index (χ0n) is 96.1. The summed E-state index contributed by atoms with van der Waals surface area (Å²) in [6.07, 6.45) is 42.3. The molecule has 12 unspecified atom stereocenters. The molecule has 8 aliphatic rings. The van der Waals surface area contributed by atoms with Crippen LogP contribution in [0.1, 0.15) is 392 Å². The maximum absolute atomic E-state index is 8.74. The number of benzene rings is 9. The number of hydrogen-bond donors (Lipinski definition) is 1. The third-order valence-electron chi connectivity index (χ3n) is 32.4. The molecule has 0 heterocycles. The van der Waals surface area contributed by atoms with Gasteiger partial charge in [-0.05, 0) is 308 Å². The summed E-state index contributed by atoms with van der Waals surface area (Å²) in [4.78, 5) is 0. The largest absolute Gasteiger partial charge is 0.490 e. The lowest BCUT2D eigenvalue weighted by molar-refractivity contribution is -0.152. The van der Waals surface area contributed by atoms with Gasteiger partial charge in [-0.2, -0.15) is 0 Å². The fourth-order valence-corrected chi connectivity index (χ4v) is 25.9. The van der Waals surface area contributed by atoms with Gasteiger partial charge in [0.15, 0.2) is 0 Å². The molecule has 0 radical (unpaired) electrons. The fourth-order valence-electron chi connectivity index (χ4n) is 25.9. The molecular weight excluding hydrogens is 1790 g/mol. The standard InChI is InChI=1S/C29H36O2.C22H28O.2C21H28O.C17H30O.C14H30O2.C13H24O/c1-4-5-13-23(2)22-24(3)30-20-21-31-29-27(25-14-8-6-9-15-25)18-12-19-28(29)26-16-10-7-11-17-26;1-18(23-21-15-9-4-10-16-21)17-22(19-11-5-2-6-12-19)20-13-7-3-8-14-20;1-16(14-17(2)22-21-10-4-3-5-11-21)19-13-12-18-8-6-7-9-20(18)15-19;1-17(2)16-22-18(3)15-21(4,19-11-7-5-8-12-19)20-13-9-6-10-14-20;1-11(10-17(2,3)4)18-16-14-6-12-5-13(8-14)9-15(16)7-12;1-11(16-9-8-15)10-12(13(2,3)4)14(5,6)7;1-9(2)6-10(3)14-13-8-11-4-5-12(13)7-11/h6-12,14-19,23-24H,4-5,13,20-22H2,1-3H3;2-3,5-8,11-14,18,21-22H,4,9-10,15-17H2,1H3;6-9,12-13,15-17,21H,3-5,10-11,14H2,1-2H3;5-14,17-18H,15-16H2,1-4H3;11-16H,5-10H2,1-4H3;11-12,15H,8-10H2,1-7H3;9-13H,4-8H2,1-3H3. The molecule has 9 heteroatoms. The van der Waals surface area contributed by atoms with E-state index in [1.165, 1.54) is 193 Å². The maximum atomic E-state index is 8.74. The van der Waals surface area contributed by atoms with Crippen molar-refractivity contribution in [2.24, 2.45) is 75.4 Å². The van der Waals surface area contributed by atoms with Crippen LogP contribution in [0.2, 0.25) is 0 Å². The van der Waals surface area contributed by atoms with Crippen LogP contribution in [-0.4, -0.2) is 105 Å². The van der Waals surface area contributed by atoms with E-state index in [9.17, 15) is 0 Å². The van der Waals surface area contributed by atoms with Crippen LogP contribution in [0, 0.1) is 75.4 Å². The maximum Gasteiger partial charge on any atom is 0.135 e. The van der Waals surface area contributed by atoms with Gasteiger partial charge in [0, 0.05) is 29.1 Å². The van der Waals surface area contributed by atoms with Gasteiger partial charge >= 0.3 is 0 Å². The molecular formula is C137H204O9. The molecule has 12 atom stereocenters. The van der Waals surface area contributed by atoms with Crippen molar-refractivity contribution in [2.75, 3.05) is 33.0 Å². The van der Waals surface area contributed by atoms with Gasteiger partial charge in [-0.1, -0.05) is 418 Å². The predicted molar refractivity (Wildman–Crippen MR) is 621 cm³/mol. The van der Waals surface area contributed by atoms with E-state index in [1.807, 2.05) is 12.1 Å². The van der Waals surface area contributed by atoms with Gasteiger partial charge in [0.05, 0.1) is 87.0 Å². The molecule has 0 spiro atoms. The van der Waals surface area contributed by atoms with E-state index in [0.717, 1.165) is 108 Å². The van der Waals surface area contributed by atoms with Crippen LogP contribution in [0.25, 0.3) is 33.0 Å². The minimum Gasteiger partial charge on any atom is -0.490 e. The smallest absolute Gasteiger partial charge is 0.135 e. The van der Waals surface area contributed by atoms with Crippen LogP contribution >= 0.6 is 0 Å². The molecule has 0 amide bonds. The van der Waals surface area contributed by atoms with Gasteiger partial charge < -0.3 is 43.0 Å². The highest BCUT2D eigenvalue weighted by molar-refractivity contribution is 5.84. The average molecular weight is 2000 g/mol. The van der Waals surface area contributed by atoms with Crippen LogP contribution in [0.4, 0.5) is 0 Å². The zero-order valence-corrected chi connectivity index (χ0v) is 96.1. The summed E-state index contributed by atoms with van der Waals surface area (Å²) in [6.45, 7) is 56.9. The quantitative estimate of drug-likeness (QED) is 0.0376. The average Bonchev–Trinajstić information content (AvgIpc) is 0.891. The molecule has 17 rings (SSSR count). The molecule has 9 aromatic rings. The Labute approximate surface area is 891 Å². The van der Waals surface area contributed by atoms with E-state index in [2.05, 4.69) is 397 Å². The number of rotatable bonds is 42. The van der Waals surface area contributed by atoms with Crippen molar-refractivity contribution in [1.29, 1.82) is 0 Å². The summed E-state index contributed by atoms with van der Waals surface area (Å²) in [5, 5.41) is 11.4. The second-order valence-corrected chi connectivity index (χ2v) is 50.3. The van der Waals surface area contributed by atoms with Crippen molar-refractivity contribution >= 4 is 10.8 Å². The minimum absolute atomic E-state index is 0.0289. The van der Waals surface area contributed by atoms with Crippen molar-refractivity contribution in [2.45, 2.75) is 437 Å². The van der Waals surface area contributed by atoms with Crippen molar-refractivity contribution in [3.8, 4) is 28.0 Å². The molecule has 146 heavy (non-hydrogen) atoms. The molecule has 0 aromatic heterocycles. The Morgan fingerprint density at radius 3 is 1.28 bits per heavy atom. The van der Waals surface area contributed by atoms with Gasteiger partial charge in [0.1, 0.15) is 12.4 Å². The monoisotopic (exact) mass is 1990 g/mol. The fraction of sp³-hybridized carbons (Fsp3) is 0.620. The number of unbranched alkanes of at least 4 members (excludes halogenated alkanes) is 1. The Kier molecular flexibility index (Phi) is 51.2. The summed E-state index contributed by atoms with van der Waals surface area (Å²) in [5.74, 6) is 10.4. The van der Waals surface area contributed by atoms with Gasteiger partial charge in [-0.15, -0.1) is 0 Å². The van der Waals surface area contributed by atoms with Crippen LogP contribution < -0.4 is 4.74 Å². The van der Waals surface area contributed by atoms with E-state index in [4.69, 9.17) is 43.0 Å². The molecule has 806 valence electrons. The van der Waals surface area contributed by atoms with E-state index < -0.39 is 0 Å². The first kappa shape index (κ1) is 121. The zero-order chi connectivity index (χ0) is 105. The molecule has 1 N–H and O–H groups in total. The van der Waals surface area contributed by atoms with E-state index in [-0.39, 0.29) is 41.2 Å². The van der Waals surface area contributed by atoms with Gasteiger partial charge in [0.25, 0.3) is 0 Å². The van der Waals surface area contributed by atoms with E-state index >= 15 is 0 Å². The third-order valence-corrected chi connectivity index (χ3v) is 32.4. The highest BCUT2D eigenvalue weighted by Crippen LogP contribution is 2.56. The molecule has 8 saturated carbocycles. The summed E-state index contributed by atoms with van der Waals surface area (Å²) in [7, 11) is 0. The molecule has 0 saturated heterocycles. The second-order valence-electron chi connectivity index (χ2n) is 50.3. The number of ether oxygens (including phenoxy) is 8. The number of aliphatic hydroxyl groups is 1. The molecule has 6 bridgehead atoms. The lowest BCUT2D eigenvalue weighted by Gasteiger charge is -2.54. The lowest BCUT2D eigenvalue weighted by atomic mass is 9.55. The van der Waals surface area contributed by atoms with Gasteiger partial charge in [-0.25, -0.2) is 0 Å². The summed E-state index contributed by atoms with van der Waals surface area (Å²) >= 11 is 0. The summed E-state index contributed by atoms with van der Waals surface area (Å²) in [6, 6.07) is 86.0. The molecule has 0 aliphatic heterocycles. The third kappa shape index (κ3) is 41.7. The van der Waals surface area contributed by atoms with Crippen LogP contribution in [0.3, 0.4) is 0 Å². The van der Waals surface area contributed by atoms with Crippen LogP contribution in [0.15, 0.2) is 243 Å². The van der Waals surface area contributed by atoms with E-state index in [0.29, 0.717) is 104 Å². The van der Waals surface area contributed by atoms with Gasteiger partial charge in [-0.3, -0.25) is 0 Å². The van der Waals surface area contributed by atoms with E-state index in [1.54, 1.807) is 0 Å². The summed E-state index contributed by atoms with van der Waals surface area (Å²) < 4.78 is 49.4. The Hall–Kier alpha value is -7.28. The second kappa shape index (κ2) is 62.0. The Bertz CT molecular complexity index is 4750. The van der Waals surface area contributed by atoms with Crippen molar-refractivity contribution in [3.63, 3.8) is 0 Å². The number of fused-ring (bicyclic) bond motifs is 3.